The highest BCUT2D eigenvalue weighted by Gasteiger charge is 2.56. The van der Waals surface area contributed by atoms with Crippen LogP contribution in [0.4, 0.5) is 0 Å². The molecule has 1 saturated carbocycles. The number of rotatable bonds is 5. The minimum absolute atomic E-state index is 0.0331. The number of nitrogens with one attached hydrogen (secondary N) is 1. The van der Waals surface area contributed by atoms with Gasteiger partial charge in [-0.15, -0.1) is 0 Å². The highest BCUT2D eigenvalue weighted by atomic mass is 16.2. The Bertz CT molecular complexity index is 378. The first-order valence-electron chi connectivity index (χ1n) is 7.53. The van der Waals surface area contributed by atoms with E-state index in [-0.39, 0.29) is 17.9 Å². The zero-order chi connectivity index (χ0) is 14.2. The second-order valence-electron chi connectivity index (χ2n) is 6.46. The van der Waals surface area contributed by atoms with Crippen LogP contribution in [0.25, 0.3) is 0 Å². The molecule has 0 aromatic heterocycles. The van der Waals surface area contributed by atoms with E-state index in [0.717, 1.165) is 25.7 Å². The molecule has 1 heterocycles. The highest BCUT2D eigenvalue weighted by molar-refractivity contribution is 5.99. The number of nitrogens with zero attached hydrogens (tertiary/aromatic N) is 1. The third-order valence-corrected chi connectivity index (χ3v) is 4.65. The summed E-state index contributed by atoms with van der Waals surface area (Å²) in [5.41, 5.74) is -0.619. The van der Waals surface area contributed by atoms with Gasteiger partial charge in [0.2, 0.25) is 11.8 Å². The summed E-state index contributed by atoms with van der Waals surface area (Å²) in [5, 5.41) is 2.85. The zero-order valence-electron chi connectivity index (χ0n) is 12.5. The van der Waals surface area contributed by atoms with Crippen molar-refractivity contribution < 1.29 is 9.59 Å². The fraction of sp³-hybridized carbons (Fsp3) is 0.867. The van der Waals surface area contributed by atoms with Gasteiger partial charge >= 0.3 is 0 Å². The van der Waals surface area contributed by atoms with Crippen LogP contribution in [-0.4, -0.2) is 34.8 Å². The average molecular weight is 266 g/mol. The number of carbonyl (C=O) groups excluding carboxylic acids is 2. The van der Waals surface area contributed by atoms with Gasteiger partial charge in [-0.1, -0.05) is 20.3 Å². The predicted molar refractivity (Wildman–Crippen MR) is 74.5 cm³/mol. The highest BCUT2D eigenvalue weighted by Crippen LogP contribution is 2.45. The maximum absolute atomic E-state index is 12.5. The van der Waals surface area contributed by atoms with Crippen LogP contribution < -0.4 is 5.32 Å². The molecule has 108 valence electrons. The van der Waals surface area contributed by atoms with Gasteiger partial charge in [-0.2, -0.15) is 0 Å². The van der Waals surface area contributed by atoms with Gasteiger partial charge < -0.3 is 10.2 Å². The molecule has 0 radical (unpaired) electrons. The van der Waals surface area contributed by atoms with Gasteiger partial charge in [-0.25, -0.2) is 0 Å². The molecule has 19 heavy (non-hydrogen) atoms. The third-order valence-electron chi connectivity index (χ3n) is 4.65. The molecule has 0 aromatic rings. The van der Waals surface area contributed by atoms with Crippen LogP contribution in [0.2, 0.25) is 0 Å². The van der Waals surface area contributed by atoms with Gasteiger partial charge in [0.1, 0.15) is 11.6 Å². The van der Waals surface area contributed by atoms with Gasteiger partial charge in [0.05, 0.1) is 0 Å². The Hall–Kier alpha value is -1.06. The SMILES string of the molecule is CCCC(C)CN1C(=O)C(C)NC(=O)C1(C)C1CC1. The van der Waals surface area contributed by atoms with E-state index in [1.54, 1.807) is 6.92 Å². The first-order chi connectivity index (χ1) is 8.91. The topological polar surface area (TPSA) is 49.4 Å². The standard InChI is InChI=1S/C15H26N2O2/c1-5-6-10(2)9-17-13(18)11(3)16-14(19)15(17,4)12-7-8-12/h10-12H,5-9H2,1-4H3,(H,16,19). The normalized spacial score (nSPS) is 33.3. The first-order valence-corrected chi connectivity index (χ1v) is 7.53. The minimum atomic E-state index is -0.619. The van der Waals surface area contributed by atoms with Crippen molar-refractivity contribution in [3.8, 4) is 0 Å². The van der Waals surface area contributed by atoms with E-state index in [0.29, 0.717) is 18.4 Å². The molecule has 2 amide bonds. The van der Waals surface area contributed by atoms with Crippen LogP contribution in [-0.2, 0) is 9.59 Å². The summed E-state index contributed by atoms with van der Waals surface area (Å²) in [5.74, 6) is 0.908. The lowest BCUT2D eigenvalue weighted by Crippen LogP contribution is -2.70. The lowest BCUT2D eigenvalue weighted by Gasteiger charge is -2.47. The van der Waals surface area contributed by atoms with Crippen LogP contribution in [0.15, 0.2) is 0 Å². The monoisotopic (exact) mass is 266 g/mol. The quantitative estimate of drug-likeness (QED) is 0.826. The molecule has 4 heteroatoms. The number of amides is 2. The largest absolute Gasteiger partial charge is 0.343 e. The summed E-state index contributed by atoms with van der Waals surface area (Å²) >= 11 is 0. The zero-order valence-corrected chi connectivity index (χ0v) is 12.5. The van der Waals surface area contributed by atoms with Crippen LogP contribution >= 0.6 is 0 Å². The minimum Gasteiger partial charge on any atom is -0.343 e. The summed E-state index contributed by atoms with van der Waals surface area (Å²) in [6, 6.07) is -0.381. The molecule has 3 unspecified atom stereocenters. The second-order valence-corrected chi connectivity index (χ2v) is 6.46. The molecule has 2 rings (SSSR count). The molecule has 1 aliphatic heterocycles. The lowest BCUT2D eigenvalue weighted by atomic mass is 9.87. The lowest BCUT2D eigenvalue weighted by molar-refractivity contribution is -0.158. The molecule has 4 nitrogen and oxygen atoms in total. The van der Waals surface area contributed by atoms with Gasteiger partial charge in [-0.3, -0.25) is 9.59 Å². The molecule has 0 aromatic carbocycles. The van der Waals surface area contributed by atoms with E-state index < -0.39 is 5.54 Å². The average Bonchev–Trinajstić information content (AvgIpc) is 3.17. The Morgan fingerprint density at radius 2 is 2.05 bits per heavy atom. The molecule has 0 spiro atoms. The van der Waals surface area contributed by atoms with Crippen molar-refractivity contribution in [2.45, 2.75) is 65.0 Å². The molecule has 3 atom stereocenters. The first kappa shape index (κ1) is 14.4. The van der Waals surface area contributed by atoms with E-state index in [4.69, 9.17) is 0 Å². The van der Waals surface area contributed by atoms with E-state index in [1.807, 2.05) is 11.8 Å². The van der Waals surface area contributed by atoms with Crippen LogP contribution in [0.3, 0.4) is 0 Å². The van der Waals surface area contributed by atoms with Gasteiger partial charge in [0, 0.05) is 6.54 Å². The van der Waals surface area contributed by atoms with Crippen molar-refractivity contribution in [3.05, 3.63) is 0 Å². The van der Waals surface area contributed by atoms with Crippen molar-refractivity contribution in [3.63, 3.8) is 0 Å². The number of piperazine rings is 1. The van der Waals surface area contributed by atoms with Crippen LogP contribution in [0.5, 0.6) is 0 Å². The summed E-state index contributed by atoms with van der Waals surface area (Å²) in [7, 11) is 0. The van der Waals surface area contributed by atoms with Crippen molar-refractivity contribution in [1.82, 2.24) is 10.2 Å². The van der Waals surface area contributed by atoms with Crippen LogP contribution in [0, 0.1) is 11.8 Å². The molecular weight excluding hydrogens is 240 g/mol. The van der Waals surface area contributed by atoms with Crippen molar-refractivity contribution in [2.75, 3.05) is 6.54 Å². The second kappa shape index (κ2) is 5.14. The fourth-order valence-corrected chi connectivity index (χ4v) is 3.22. The van der Waals surface area contributed by atoms with Crippen molar-refractivity contribution >= 4 is 11.8 Å². The number of hydrogen-bond acceptors (Lipinski definition) is 2. The van der Waals surface area contributed by atoms with E-state index >= 15 is 0 Å². The summed E-state index contributed by atoms with van der Waals surface area (Å²) < 4.78 is 0. The number of carbonyl (C=O) groups is 2. The molecule has 2 aliphatic rings. The van der Waals surface area contributed by atoms with E-state index in [1.165, 1.54) is 0 Å². The Labute approximate surface area is 115 Å². The number of hydrogen-bond donors (Lipinski definition) is 1. The smallest absolute Gasteiger partial charge is 0.246 e. The maximum atomic E-state index is 12.5. The van der Waals surface area contributed by atoms with Crippen molar-refractivity contribution in [2.24, 2.45) is 11.8 Å². The van der Waals surface area contributed by atoms with Crippen LogP contribution in [0.1, 0.15) is 53.4 Å². The van der Waals surface area contributed by atoms with Crippen molar-refractivity contribution in [1.29, 1.82) is 0 Å². The van der Waals surface area contributed by atoms with E-state index in [2.05, 4.69) is 19.2 Å². The summed E-state index contributed by atoms with van der Waals surface area (Å²) in [6.45, 7) is 8.76. The van der Waals surface area contributed by atoms with E-state index in [9.17, 15) is 9.59 Å². The predicted octanol–water partition coefficient (Wildman–Crippen LogP) is 1.94. The molecule has 0 bridgehead atoms. The Kier molecular flexibility index (Phi) is 3.88. The Balaban J connectivity index is 2.21. The Morgan fingerprint density at radius 1 is 1.42 bits per heavy atom. The molecule has 2 fully saturated rings. The molecule has 1 aliphatic carbocycles. The van der Waals surface area contributed by atoms with Gasteiger partial charge in [0.15, 0.2) is 0 Å². The molecule has 1 N–H and O–H groups in total. The summed E-state index contributed by atoms with van der Waals surface area (Å²) in [6.07, 6.45) is 4.33. The summed E-state index contributed by atoms with van der Waals surface area (Å²) in [4.78, 5) is 26.7. The molecule has 1 saturated heterocycles. The Morgan fingerprint density at radius 3 is 2.58 bits per heavy atom. The fourth-order valence-electron chi connectivity index (χ4n) is 3.22. The van der Waals surface area contributed by atoms with Gasteiger partial charge in [-0.05, 0) is 44.9 Å². The molecular formula is C15H26N2O2. The van der Waals surface area contributed by atoms with Gasteiger partial charge in [0.25, 0.3) is 0 Å². The third kappa shape index (κ3) is 2.49. The maximum Gasteiger partial charge on any atom is 0.246 e.